The second kappa shape index (κ2) is 10.4. The molecule has 0 aliphatic carbocycles. The third-order valence-electron chi connectivity index (χ3n) is 4.59. The summed E-state index contributed by atoms with van der Waals surface area (Å²) in [7, 11) is -2.17. The zero-order valence-corrected chi connectivity index (χ0v) is 19.1. The molecule has 3 rings (SSSR count). The van der Waals surface area contributed by atoms with Gasteiger partial charge in [0.1, 0.15) is 11.5 Å². The van der Waals surface area contributed by atoms with Crippen molar-refractivity contribution in [2.75, 3.05) is 18.4 Å². The van der Waals surface area contributed by atoms with Gasteiger partial charge in [0.2, 0.25) is 0 Å². The van der Waals surface area contributed by atoms with Gasteiger partial charge in [-0.3, -0.25) is 9.52 Å². The topological polar surface area (TPSA) is 93.7 Å². The van der Waals surface area contributed by atoms with Crippen LogP contribution in [0, 0.1) is 0 Å². The highest BCUT2D eigenvalue weighted by molar-refractivity contribution is 7.92. The molecule has 7 nitrogen and oxygen atoms in total. The van der Waals surface area contributed by atoms with Crippen LogP contribution in [-0.2, 0) is 14.8 Å². The van der Waals surface area contributed by atoms with Gasteiger partial charge in [-0.25, -0.2) is 8.42 Å². The Morgan fingerprint density at radius 1 is 0.938 bits per heavy atom. The molecule has 0 saturated carbocycles. The van der Waals surface area contributed by atoms with E-state index in [0.29, 0.717) is 16.5 Å². The Hall–Kier alpha value is -3.23. The lowest BCUT2D eigenvalue weighted by molar-refractivity contribution is -0.123. The lowest BCUT2D eigenvalue weighted by atomic mass is 10.1. The molecule has 0 aromatic heterocycles. The minimum atomic E-state index is -3.76. The Morgan fingerprint density at radius 2 is 1.53 bits per heavy atom. The van der Waals surface area contributed by atoms with Gasteiger partial charge in [-0.15, -0.1) is 0 Å². The van der Waals surface area contributed by atoms with Crippen molar-refractivity contribution in [2.24, 2.45) is 0 Å². The molecule has 168 valence electrons. The lowest BCUT2D eigenvalue weighted by Crippen LogP contribution is -2.31. The first-order valence-electron chi connectivity index (χ1n) is 9.71. The monoisotopic (exact) mass is 474 g/mol. The van der Waals surface area contributed by atoms with E-state index in [1.54, 1.807) is 31.4 Å². The molecule has 32 heavy (non-hydrogen) atoms. The third kappa shape index (κ3) is 6.38. The first-order valence-corrected chi connectivity index (χ1v) is 11.6. The minimum Gasteiger partial charge on any atom is -0.497 e. The van der Waals surface area contributed by atoms with Gasteiger partial charge >= 0.3 is 0 Å². The number of nitrogens with one attached hydrogen (secondary N) is 2. The van der Waals surface area contributed by atoms with Crippen LogP contribution in [0.5, 0.6) is 11.5 Å². The first-order chi connectivity index (χ1) is 15.3. The summed E-state index contributed by atoms with van der Waals surface area (Å²) < 4.78 is 38.1. The van der Waals surface area contributed by atoms with Crippen molar-refractivity contribution in [3.63, 3.8) is 0 Å². The van der Waals surface area contributed by atoms with Crippen molar-refractivity contribution in [1.82, 2.24) is 5.32 Å². The van der Waals surface area contributed by atoms with Gasteiger partial charge in [-0.05, 0) is 73.2 Å². The predicted molar refractivity (Wildman–Crippen MR) is 124 cm³/mol. The molecule has 1 unspecified atom stereocenters. The fourth-order valence-corrected chi connectivity index (χ4v) is 4.04. The Kier molecular flexibility index (Phi) is 7.61. The zero-order chi connectivity index (χ0) is 23.1. The number of carbonyl (C=O) groups is 1. The molecule has 0 spiro atoms. The SMILES string of the molecule is COc1ccc(C(C)NC(=O)COc2ccc(S(=O)(=O)Nc3ccc(Cl)cc3)cc2)cc1. The van der Waals surface area contributed by atoms with E-state index >= 15 is 0 Å². The lowest BCUT2D eigenvalue weighted by Gasteiger charge is -2.15. The second-order valence-electron chi connectivity index (χ2n) is 6.93. The number of benzene rings is 3. The van der Waals surface area contributed by atoms with Crippen molar-refractivity contribution >= 4 is 33.2 Å². The van der Waals surface area contributed by atoms with Crippen molar-refractivity contribution in [1.29, 1.82) is 0 Å². The van der Waals surface area contributed by atoms with Crippen LogP contribution in [0.25, 0.3) is 0 Å². The van der Waals surface area contributed by atoms with Crippen LogP contribution >= 0.6 is 11.6 Å². The quantitative estimate of drug-likeness (QED) is 0.479. The van der Waals surface area contributed by atoms with Gasteiger partial charge in [0, 0.05) is 10.7 Å². The molecular formula is C23H23ClN2O5S. The number of hydrogen-bond donors (Lipinski definition) is 2. The van der Waals surface area contributed by atoms with Gasteiger partial charge in [0.15, 0.2) is 6.61 Å². The number of ether oxygens (including phenoxy) is 2. The summed E-state index contributed by atoms with van der Waals surface area (Å²) >= 11 is 5.82. The molecule has 0 aliphatic heterocycles. The zero-order valence-electron chi connectivity index (χ0n) is 17.5. The maximum absolute atomic E-state index is 12.5. The van der Waals surface area contributed by atoms with Crippen LogP contribution in [0.4, 0.5) is 5.69 Å². The average molecular weight is 475 g/mol. The first kappa shape index (κ1) is 23.4. The second-order valence-corrected chi connectivity index (χ2v) is 9.05. The van der Waals surface area contributed by atoms with Crippen LogP contribution in [0.15, 0.2) is 77.7 Å². The van der Waals surface area contributed by atoms with E-state index in [4.69, 9.17) is 21.1 Å². The molecule has 3 aromatic rings. The molecular weight excluding hydrogens is 452 g/mol. The van der Waals surface area contributed by atoms with Crippen molar-refractivity contribution in [3.8, 4) is 11.5 Å². The molecule has 3 aromatic carbocycles. The third-order valence-corrected chi connectivity index (χ3v) is 6.24. The van der Waals surface area contributed by atoms with Crippen LogP contribution in [0.3, 0.4) is 0 Å². The number of methoxy groups -OCH3 is 1. The number of anilines is 1. The fraction of sp³-hybridized carbons (Fsp3) is 0.174. The summed E-state index contributed by atoms with van der Waals surface area (Å²) in [4.78, 5) is 12.3. The maximum atomic E-state index is 12.5. The minimum absolute atomic E-state index is 0.0670. The van der Waals surface area contributed by atoms with Crippen LogP contribution in [0.2, 0.25) is 5.02 Å². The molecule has 0 heterocycles. The molecule has 0 radical (unpaired) electrons. The summed E-state index contributed by atoms with van der Waals surface area (Å²) in [6.45, 7) is 1.67. The Labute approximate surface area is 192 Å². The van der Waals surface area contributed by atoms with Crippen molar-refractivity contribution < 1.29 is 22.7 Å². The normalized spacial score (nSPS) is 12.0. The van der Waals surface area contributed by atoms with Gasteiger partial charge < -0.3 is 14.8 Å². The van der Waals surface area contributed by atoms with E-state index in [1.807, 2.05) is 31.2 Å². The van der Waals surface area contributed by atoms with E-state index in [-0.39, 0.29) is 23.5 Å². The highest BCUT2D eigenvalue weighted by Crippen LogP contribution is 2.21. The number of carbonyl (C=O) groups excluding carboxylic acids is 1. The molecule has 0 saturated heterocycles. The summed E-state index contributed by atoms with van der Waals surface area (Å²) in [6.07, 6.45) is 0. The highest BCUT2D eigenvalue weighted by Gasteiger charge is 2.15. The number of sulfonamides is 1. The highest BCUT2D eigenvalue weighted by atomic mass is 35.5. The van der Waals surface area contributed by atoms with Crippen molar-refractivity contribution in [3.05, 3.63) is 83.4 Å². The van der Waals surface area contributed by atoms with E-state index in [0.717, 1.165) is 11.3 Å². The molecule has 0 bridgehead atoms. The molecule has 0 fully saturated rings. The van der Waals surface area contributed by atoms with Gasteiger partial charge in [-0.1, -0.05) is 23.7 Å². The van der Waals surface area contributed by atoms with E-state index in [1.165, 1.54) is 24.3 Å². The predicted octanol–water partition coefficient (Wildman–Crippen LogP) is 4.41. The number of halogens is 1. The van der Waals surface area contributed by atoms with Gasteiger partial charge in [0.05, 0.1) is 18.0 Å². The number of hydrogen-bond acceptors (Lipinski definition) is 5. The van der Waals surface area contributed by atoms with E-state index in [9.17, 15) is 13.2 Å². The summed E-state index contributed by atoms with van der Waals surface area (Å²) in [6, 6.07) is 19.3. The summed E-state index contributed by atoms with van der Waals surface area (Å²) in [5.41, 5.74) is 1.33. The Morgan fingerprint density at radius 3 is 2.12 bits per heavy atom. The van der Waals surface area contributed by atoms with Crippen LogP contribution < -0.4 is 19.5 Å². The van der Waals surface area contributed by atoms with Crippen LogP contribution in [-0.4, -0.2) is 28.0 Å². The number of rotatable bonds is 9. The molecule has 1 amide bonds. The average Bonchev–Trinajstić information content (AvgIpc) is 2.79. The van der Waals surface area contributed by atoms with Gasteiger partial charge in [-0.2, -0.15) is 0 Å². The maximum Gasteiger partial charge on any atom is 0.261 e. The standard InChI is InChI=1S/C23H23ClN2O5S/c1-16(17-3-9-20(30-2)10-4-17)25-23(27)15-31-21-11-13-22(14-12-21)32(28,29)26-19-7-5-18(24)6-8-19/h3-14,16,26H,15H2,1-2H3,(H,25,27). The molecule has 0 aliphatic rings. The summed E-state index contributed by atoms with van der Waals surface area (Å²) in [5.74, 6) is 0.821. The number of amides is 1. The Bertz CT molecular complexity index is 1150. The van der Waals surface area contributed by atoms with E-state index in [2.05, 4.69) is 10.0 Å². The van der Waals surface area contributed by atoms with Crippen molar-refractivity contribution in [2.45, 2.75) is 17.9 Å². The molecule has 9 heteroatoms. The fourth-order valence-electron chi connectivity index (χ4n) is 2.85. The van der Waals surface area contributed by atoms with Crippen LogP contribution in [0.1, 0.15) is 18.5 Å². The Balaban J connectivity index is 1.53. The smallest absolute Gasteiger partial charge is 0.261 e. The summed E-state index contributed by atoms with van der Waals surface area (Å²) in [5, 5.41) is 3.36. The molecule has 2 N–H and O–H groups in total. The van der Waals surface area contributed by atoms with Gasteiger partial charge in [0.25, 0.3) is 15.9 Å². The van der Waals surface area contributed by atoms with E-state index < -0.39 is 10.0 Å². The molecule has 1 atom stereocenters. The largest absolute Gasteiger partial charge is 0.497 e.